The van der Waals surface area contributed by atoms with Crippen LogP contribution in [0.5, 0.6) is 11.5 Å². The lowest BCUT2D eigenvalue weighted by atomic mass is 9.93. The summed E-state index contributed by atoms with van der Waals surface area (Å²) in [7, 11) is 0. The normalized spacial score (nSPS) is 18.7. The highest BCUT2D eigenvalue weighted by Gasteiger charge is 2.29. The maximum absolute atomic E-state index is 10.8. The predicted molar refractivity (Wildman–Crippen MR) is 122 cm³/mol. The highest BCUT2D eigenvalue weighted by molar-refractivity contribution is 6.31. The lowest BCUT2D eigenvalue weighted by Crippen LogP contribution is -2.33. The summed E-state index contributed by atoms with van der Waals surface area (Å²) in [4.78, 5) is 4.94. The molecule has 0 radical (unpaired) electrons. The third-order valence-corrected chi connectivity index (χ3v) is 5.72. The second-order valence-electron chi connectivity index (χ2n) is 7.06. The van der Waals surface area contributed by atoms with Gasteiger partial charge < -0.3 is 9.84 Å². The molecule has 1 heterocycles. The molecule has 0 fully saturated rings. The number of rotatable bonds is 5. The van der Waals surface area contributed by atoms with Crippen LogP contribution in [-0.4, -0.2) is 17.4 Å². The molecule has 0 amide bonds. The lowest BCUT2D eigenvalue weighted by molar-refractivity contribution is 0.313. The molecular weight excluding hydrogens is 419 g/mol. The summed E-state index contributed by atoms with van der Waals surface area (Å²) in [5, 5.41) is 15.7. The summed E-state index contributed by atoms with van der Waals surface area (Å²) in [5.41, 5.74) is 3.56. The number of hydrogen-bond donors (Lipinski definition) is 2. The minimum absolute atomic E-state index is 0.145. The first kappa shape index (κ1) is 20.7. The third-order valence-electron chi connectivity index (χ3n) is 5.12. The number of aliphatic imine (C=N–C) groups is 1. The average molecular weight is 441 g/mol. The van der Waals surface area contributed by atoms with Crippen LogP contribution in [0.15, 0.2) is 71.7 Å². The Morgan fingerprint density at radius 1 is 1.00 bits per heavy atom. The van der Waals surface area contributed by atoms with Crippen LogP contribution in [0.3, 0.4) is 0 Å². The van der Waals surface area contributed by atoms with Gasteiger partial charge in [-0.25, -0.2) is 0 Å². The Kier molecular flexibility index (Phi) is 6.28. The smallest absolute Gasteiger partial charge is 0.162 e. The van der Waals surface area contributed by atoms with E-state index in [1.54, 1.807) is 6.07 Å². The van der Waals surface area contributed by atoms with Crippen molar-refractivity contribution in [3.05, 3.63) is 93.5 Å². The van der Waals surface area contributed by atoms with E-state index in [4.69, 9.17) is 32.9 Å². The molecule has 0 spiro atoms. The zero-order chi connectivity index (χ0) is 21.1. The van der Waals surface area contributed by atoms with E-state index in [-0.39, 0.29) is 18.0 Å². The molecule has 0 aliphatic carbocycles. The fourth-order valence-electron chi connectivity index (χ4n) is 3.67. The SMILES string of the molecule is CCOc1cccc(C2CC(c3ccc(Cl)cc3)=NC(c3ccccc3Cl)N2)c1O. The summed E-state index contributed by atoms with van der Waals surface area (Å²) >= 11 is 12.5. The van der Waals surface area contributed by atoms with Crippen molar-refractivity contribution in [3.8, 4) is 11.5 Å². The number of nitrogens with one attached hydrogen (secondary N) is 1. The van der Waals surface area contributed by atoms with Crippen molar-refractivity contribution >= 4 is 28.9 Å². The number of hydrogen-bond acceptors (Lipinski definition) is 4. The summed E-state index contributed by atoms with van der Waals surface area (Å²) in [5.74, 6) is 0.619. The summed E-state index contributed by atoms with van der Waals surface area (Å²) in [6, 6.07) is 20.7. The van der Waals surface area contributed by atoms with Crippen LogP contribution in [0.2, 0.25) is 10.0 Å². The van der Waals surface area contributed by atoms with Crippen molar-refractivity contribution in [3.63, 3.8) is 0 Å². The molecule has 0 saturated heterocycles. The maximum atomic E-state index is 10.8. The minimum atomic E-state index is -0.349. The first-order valence-electron chi connectivity index (χ1n) is 9.84. The maximum Gasteiger partial charge on any atom is 0.162 e. The van der Waals surface area contributed by atoms with E-state index in [2.05, 4.69) is 5.32 Å². The van der Waals surface area contributed by atoms with Crippen LogP contribution in [0, 0.1) is 0 Å². The number of halogens is 2. The average Bonchev–Trinajstić information content (AvgIpc) is 2.76. The first-order chi connectivity index (χ1) is 14.6. The van der Waals surface area contributed by atoms with E-state index in [1.165, 1.54) is 0 Å². The monoisotopic (exact) mass is 440 g/mol. The molecule has 1 aliphatic heterocycles. The molecule has 6 heteroatoms. The van der Waals surface area contributed by atoms with Crippen LogP contribution in [-0.2, 0) is 0 Å². The van der Waals surface area contributed by atoms with E-state index in [9.17, 15) is 5.11 Å². The molecule has 2 N–H and O–H groups in total. The number of benzene rings is 3. The topological polar surface area (TPSA) is 53.8 Å². The highest BCUT2D eigenvalue weighted by atomic mass is 35.5. The van der Waals surface area contributed by atoms with Crippen LogP contribution in [0.25, 0.3) is 0 Å². The number of ether oxygens (including phenoxy) is 1. The van der Waals surface area contributed by atoms with Crippen molar-refractivity contribution in [1.82, 2.24) is 5.32 Å². The summed E-state index contributed by atoms with van der Waals surface area (Å²) in [6.45, 7) is 2.37. The Balaban J connectivity index is 1.77. The highest BCUT2D eigenvalue weighted by Crippen LogP contribution is 2.39. The molecule has 0 bridgehead atoms. The Morgan fingerprint density at radius 2 is 1.73 bits per heavy atom. The molecule has 3 aromatic carbocycles. The van der Waals surface area contributed by atoms with Gasteiger partial charge in [-0.3, -0.25) is 10.3 Å². The number of phenolic OH excluding ortho intramolecular Hbond substituents is 1. The largest absolute Gasteiger partial charge is 0.504 e. The summed E-state index contributed by atoms with van der Waals surface area (Å²) in [6.07, 6.45) is 0.254. The first-order valence-corrected chi connectivity index (χ1v) is 10.6. The molecule has 4 rings (SSSR count). The van der Waals surface area contributed by atoms with Gasteiger partial charge in [0, 0.05) is 39.3 Å². The van der Waals surface area contributed by atoms with E-state index in [1.807, 2.05) is 67.6 Å². The van der Waals surface area contributed by atoms with Crippen LogP contribution in [0.1, 0.15) is 42.2 Å². The van der Waals surface area contributed by atoms with Gasteiger partial charge in [0.25, 0.3) is 0 Å². The Bertz CT molecular complexity index is 1070. The van der Waals surface area contributed by atoms with Gasteiger partial charge in [-0.15, -0.1) is 0 Å². The molecule has 0 aromatic heterocycles. The molecule has 1 aliphatic rings. The number of phenols is 1. The molecule has 0 saturated carbocycles. The van der Waals surface area contributed by atoms with E-state index in [0.717, 1.165) is 22.4 Å². The van der Waals surface area contributed by atoms with Crippen molar-refractivity contribution in [2.45, 2.75) is 25.6 Å². The van der Waals surface area contributed by atoms with Gasteiger partial charge in [0.15, 0.2) is 11.5 Å². The molecule has 30 heavy (non-hydrogen) atoms. The zero-order valence-corrected chi connectivity index (χ0v) is 18.0. The van der Waals surface area contributed by atoms with Crippen molar-refractivity contribution in [2.75, 3.05) is 6.61 Å². The fraction of sp³-hybridized carbons (Fsp3) is 0.208. The molecule has 2 unspecified atom stereocenters. The Labute approximate surface area is 186 Å². The van der Waals surface area contributed by atoms with Gasteiger partial charge in [-0.1, -0.05) is 65.7 Å². The number of para-hydroxylation sites is 1. The quantitative estimate of drug-likeness (QED) is 0.487. The van der Waals surface area contributed by atoms with Crippen molar-refractivity contribution in [1.29, 1.82) is 0 Å². The molecule has 3 aromatic rings. The summed E-state index contributed by atoms with van der Waals surface area (Å²) < 4.78 is 5.58. The van der Waals surface area contributed by atoms with E-state index in [0.29, 0.717) is 28.8 Å². The molecule has 2 atom stereocenters. The standard InChI is InChI=1S/C24H22Cl2N2O2/c1-2-30-22-9-5-7-18(23(22)29)21-14-20(15-10-12-16(25)13-11-15)27-24(28-21)17-6-3-4-8-19(17)26/h3-13,21,24,28-29H,2,14H2,1H3. The Hall–Kier alpha value is -2.53. The van der Waals surface area contributed by atoms with Gasteiger partial charge >= 0.3 is 0 Å². The van der Waals surface area contributed by atoms with Crippen molar-refractivity contribution < 1.29 is 9.84 Å². The predicted octanol–water partition coefficient (Wildman–Crippen LogP) is 6.32. The van der Waals surface area contributed by atoms with Gasteiger partial charge in [0.2, 0.25) is 0 Å². The van der Waals surface area contributed by atoms with Crippen molar-refractivity contribution in [2.24, 2.45) is 4.99 Å². The molecule has 154 valence electrons. The van der Waals surface area contributed by atoms with Gasteiger partial charge in [-0.2, -0.15) is 0 Å². The third kappa shape index (κ3) is 4.31. The van der Waals surface area contributed by atoms with Crippen LogP contribution < -0.4 is 10.1 Å². The van der Waals surface area contributed by atoms with Gasteiger partial charge in [-0.05, 0) is 36.8 Å². The molecule has 4 nitrogen and oxygen atoms in total. The zero-order valence-electron chi connectivity index (χ0n) is 16.5. The van der Waals surface area contributed by atoms with Crippen LogP contribution >= 0.6 is 23.2 Å². The lowest BCUT2D eigenvalue weighted by Gasteiger charge is -2.31. The van der Waals surface area contributed by atoms with E-state index < -0.39 is 0 Å². The fourth-order valence-corrected chi connectivity index (χ4v) is 4.04. The van der Waals surface area contributed by atoms with Gasteiger partial charge in [0.05, 0.1) is 6.61 Å². The number of aromatic hydroxyl groups is 1. The number of nitrogens with zero attached hydrogens (tertiary/aromatic N) is 1. The Morgan fingerprint density at radius 3 is 2.47 bits per heavy atom. The molecular formula is C24H22Cl2N2O2. The second kappa shape index (κ2) is 9.09. The van der Waals surface area contributed by atoms with E-state index >= 15 is 0 Å². The van der Waals surface area contributed by atoms with Crippen LogP contribution in [0.4, 0.5) is 0 Å². The minimum Gasteiger partial charge on any atom is -0.504 e. The second-order valence-corrected chi connectivity index (χ2v) is 7.90. The van der Waals surface area contributed by atoms with Gasteiger partial charge in [0.1, 0.15) is 6.17 Å².